The predicted molar refractivity (Wildman–Crippen MR) is 72.8 cm³/mol. The number of hydrogen-bond acceptors (Lipinski definition) is 4. The highest BCUT2D eigenvalue weighted by Gasteiger charge is 2.25. The van der Waals surface area contributed by atoms with Crippen LogP contribution >= 0.6 is 11.3 Å². The molecule has 18 heavy (non-hydrogen) atoms. The molecule has 96 valence electrons. The van der Waals surface area contributed by atoms with Gasteiger partial charge in [-0.25, -0.2) is 4.98 Å². The van der Waals surface area contributed by atoms with Crippen LogP contribution in [0.4, 0.5) is 0 Å². The number of rotatable bonds is 5. The van der Waals surface area contributed by atoms with Crippen molar-refractivity contribution in [2.75, 3.05) is 0 Å². The van der Waals surface area contributed by atoms with E-state index in [0.717, 1.165) is 24.0 Å². The highest BCUT2D eigenvalue weighted by molar-refractivity contribution is 7.09. The minimum absolute atomic E-state index is 0.229. The van der Waals surface area contributed by atoms with Crippen molar-refractivity contribution >= 4 is 11.3 Å². The van der Waals surface area contributed by atoms with Crippen molar-refractivity contribution in [1.82, 2.24) is 10.3 Å². The Hall–Kier alpha value is -1.13. The fourth-order valence-corrected chi connectivity index (χ4v) is 2.83. The van der Waals surface area contributed by atoms with Crippen LogP contribution in [0.2, 0.25) is 0 Å². The molecule has 3 nitrogen and oxygen atoms in total. The van der Waals surface area contributed by atoms with E-state index in [4.69, 9.17) is 4.42 Å². The lowest BCUT2D eigenvalue weighted by Gasteiger charge is -2.09. The number of aryl methyl sites for hydroxylation is 1. The normalized spacial score (nSPS) is 17.0. The molecule has 0 radical (unpaired) electrons. The van der Waals surface area contributed by atoms with E-state index in [2.05, 4.69) is 22.6 Å². The van der Waals surface area contributed by atoms with E-state index in [1.165, 1.54) is 23.5 Å². The molecular formula is C14H18N2OS. The van der Waals surface area contributed by atoms with Gasteiger partial charge in [0.1, 0.15) is 16.5 Å². The summed E-state index contributed by atoms with van der Waals surface area (Å²) in [6, 6.07) is 4.26. The lowest BCUT2D eigenvalue weighted by Crippen LogP contribution is -2.17. The SMILES string of the molecule is Cc1ccc([C@H](C)NCc2nc(C3CC3)cs2)o1. The number of nitrogens with one attached hydrogen (secondary N) is 1. The van der Waals surface area contributed by atoms with Crippen LogP contribution in [0.3, 0.4) is 0 Å². The lowest BCUT2D eigenvalue weighted by molar-refractivity contribution is 0.415. The first kappa shape index (κ1) is 11.9. The van der Waals surface area contributed by atoms with Gasteiger partial charge < -0.3 is 9.73 Å². The zero-order valence-electron chi connectivity index (χ0n) is 10.8. The number of hydrogen-bond donors (Lipinski definition) is 1. The van der Waals surface area contributed by atoms with Crippen LogP contribution in [0.25, 0.3) is 0 Å². The predicted octanol–water partition coefficient (Wildman–Crippen LogP) is 3.77. The molecule has 1 atom stereocenters. The van der Waals surface area contributed by atoms with Crippen LogP contribution in [-0.2, 0) is 6.54 Å². The molecule has 1 fully saturated rings. The maximum Gasteiger partial charge on any atom is 0.120 e. The van der Waals surface area contributed by atoms with Gasteiger partial charge in [0.05, 0.1) is 11.7 Å². The van der Waals surface area contributed by atoms with Gasteiger partial charge in [-0.3, -0.25) is 0 Å². The maximum absolute atomic E-state index is 5.61. The molecule has 1 aliphatic carbocycles. The smallest absolute Gasteiger partial charge is 0.120 e. The van der Waals surface area contributed by atoms with Gasteiger partial charge >= 0.3 is 0 Å². The van der Waals surface area contributed by atoms with Gasteiger partial charge in [-0.1, -0.05) is 0 Å². The van der Waals surface area contributed by atoms with Gasteiger partial charge in [0.15, 0.2) is 0 Å². The molecule has 4 heteroatoms. The van der Waals surface area contributed by atoms with E-state index in [0.29, 0.717) is 0 Å². The Bertz CT molecular complexity index is 527. The fourth-order valence-electron chi connectivity index (χ4n) is 2.00. The molecule has 0 unspecified atom stereocenters. The summed E-state index contributed by atoms with van der Waals surface area (Å²) in [6.07, 6.45) is 2.64. The molecule has 1 saturated carbocycles. The van der Waals surface area contributed by atoms with Crippen molar-refractivity contribution in [3.63, 3.8) is 0 Å². The summed E-state index contributed by atoms with van der Waals surface area (Å²) >= 11 is 1.76. The maximum atomic E-state index is 5.61. The summed E-state index contributed by atoms with van der Waals surface area (Å²) in [4.78, 5) is 4.67. The van der Waals surface area contributed by atoms with Gasteiger partial charge in [-0.15, -0.1) is 11.3 Å². The van der Waals surface area contributed by atoms with Crippen molar-refractivity contribution in [2.45, 2.75) is 45.2 Å². The molecular weight excluding hydrogens is 244 g/mol. The minimum atomic E-state index is 0.229. The number of thiazole rings is 1. The Morgan fingerprint density at radius 3 is 3.00 bits per heavy atom. The van der Waals surface area contributed by atoms with E-state index < -0.39 is 0 Å². The molecule has 1 N–H and O–H groups in total. The average molecular weight is 262 g/mol. The Balaban J connectivity index is 1.56. The van der Waals surface area contributed by atoms with Gasteiger partial charge in [-0.2, -0.15) is 0 Å². The number of furan rings is 1. The first-order valence-electron chi connectivity index (χ1n) is 6.46. The van der Waals surface area contributed by atoms with E-state index >= 15 is 0 Å². The van der Waals surface area contributed by atoms with Crippen molar-refractivity contribution in [3.8, 4) is 0 Å². The van der Waals surface area contributed by atoms with E-state index in [-0.39, 0.29) is 6.04 Å². The van der Waals surface area contributed by atoms with E-state index in [1.54, 1.807) is 11.3 Å². The third-order valence-electron chi connectivity index (χ3n) is 3.31. The van der Waals surface area contributed by atoms with Crippen LogP contribution in [0.15, 0.2) is 21.9 Å². The summed E-state index contributed by atoms with van der Waals surface area (Å²) in [5, 5.41) is 6.83. The van der Waals surface area contributed by atoms with Gasteiger partial charge in [0.2, 0.25) is 0 Å². The van der Waals surface area contributed by atoms with Crippen LogP contribution in [0, 0.1) is 6.92 Å². The Labute approximate surface area is 111 Å². The molecule has 2 aromatic rings. The summed E-state index contributed by atoms with van der Waals surface area (Å²) in [6.45, 7) is 4.91. The minimum Gasteiger partial charge on any atom is -0.465 e. The summed E-state index contributed by atoms with van der Waals surface area (Å²) in [5.74, 6) is 2.70. The molecule has 3 rings (SSSR count). The molecule has 0 amide bonds. The monoisotopic (exact) mass is 262 g/mol. The molecule has 0 bridgehead atoms. The van der Waals surface area contributed by atoms with Crippen LogP contribution < -0.4 is 5.32 Å². The Morgan fingerprint density at radius 1 is 1.50 bits per heavy atom. The standard InChI is InChI=1S/C14H18N2OS/c1-9-3-6-13(17-9)10(2)15-7-14-16-12(8-18-14)11-4-5-11/h3,6,8,10-11,15H,4-5,7H2,1-2H3/t10-/m0/s1. The van der Waals surface area contributed by atoms with Gasteiger partial charge in [0, 0.05) is 17.8 Å². The lowest BCUT2D eigenvalue weighted by atomic mass is 10.2. The van der Waals surface area contributed by atoms with Crippen molar-refractivity contribution in [1.29, 1.82) is 0 Å². The first-order valence-corrected chi connectivity index (χ1v) is 7.34. The Morgan fingerprint density at radius 2 is 2.33 bits per heavy atom. The molecule has 0 spiro atoms. The zero-order valence-corrected chi connectivity index (χ0v) is 11.6. The Kier molecular flexibility index (Phi) is 3.22. The molecule has 0 aromatic carbocycles. The summed E-state index contributed by atoms with van der Waals surface area (Å²) < 4.78 is 5.61. The number of aromatic nitrogens is 1. The highest BCUT2D eigenvalue weighted by atomic mass is 32.1. The molecule has 2 heterocycles. The van der Waals surface area contributed by atoms with Crippen molar-refractivity contribution < 1.29 is 4.42 Å². The van der Waals surface area contributed by atoms with E-state index in [1.807, 2.05) is 19.1 Å². The van der Waals surface area contributed by atoms with Crippen molar-refractivity contribution in [3.05, 3.63) is 39.7 Å². The largest absolute Gasteiger partial charge is 0.465 e. The highest BCUT2D eigenvalue weighted by Crippen LogP contribution is 2.40. The topological polar surface area (TPSA) is 38.1 Å². The van der Waals surface area contributed by atoms with Crippen molar-refractivity contribution in [2.24, 2.45) is 0 Å². The van der Waals surface area contributed by atoms with Crippen LogP contribution in [0.5, 0.6) is 0 Å². The molecule has 0 saturated heterocycles. The zero-order chi connectivity index (χ0) is 12.5. The van der Waals surface area contributed by atoms with E-state index in [9.17, 15) is 0 Å². The molecule has 1 aliphatic rings. The van der Waals surface area contributed by atoms with Crippen LogP contribution in [-0.4, -0.2) is 4.98 Å². The average Bonchev–Trinajstić information content (AvgIpc) is 2.95. The number of nitrogens with zero attached hydrogens (tertiary/aromatic N) is 1. The third-order valence-corrected chi connectivity index (χ3v) is 4.18. The summed E-state index contributed by atoms with van der Waals surface area (Å²) in [7, 11) is 0. The second kappa shape index (κ2) is 4.86. The van der Waals surface area contributed by atoms with Gasteiger partial charge in [0.25, 0.3) is 0 Å². The second-order valence-electron chi connectivity index (χ2n) is 4.99. The third kappa shape index (κ3) is 2.65. The molecule has 0 aliphatic heterocycles. The molecule has 2 aromatic heterocycles. The fraction of sp³-hybridized carbons (Fsp3) is 0.500. The first-order chi connectivity index (χ1) is 8.72. The van der Waals surface area contributed by atoms with Gasteiger partial charge in [-0.05, 0) is 38.8 Å². The quantitative estimate of drug-likeness (QED) is 0.891. The summed E-state index contributed by atoms with van der Waals surface area (Å²) in [5.41, 5.74) is 1.29. The second-order valence-corrected chi connectivity index (χ2v) is 5.93. The van der Waals surface area contributed by atoms with Crippen LogP contribution in [0.1, 0.15) is 53.9 Å².